The van der Waals surface area contributed by atoms with Gasteiger partial charge in [-0.1, -0.05) is 63.2 Å². The Balaban J connectivity index is 1.57. The van der Waals surface area contributed by atoms with E-state index < -0.39 is 5.92 Å². The van der Waals surface area contributed by atoms with Gasteiger partial charge in [0, 0.05) is 18.4 Å². The van der Waals surface area contributed by atoms with Crippen LogP contribution in [0, 0.1) is 5.92 Å². The first kappa shape index (κ1) is 22.7. The molecule has 0 aliphatic rings. The molecular formula is C24H27F2N7. The Labute approximate surface area is 191 Å². The third kappa shape index (κ3) is 5.30. The van der Waals surface area contributed by atoms with Crippen molar-refractivity contribution in [1.29, 1.82) is 0 Å². The standard InChI is InChI=1S/C24H27F2N7/c1-4-12-24(25,26)23-27-21(13-16(2)3)33(30-23)15-17-8-10-18(11-9-17)19-6-5-7-20(14-19)22-28-31-32-29-22/h5-11,14,16H,4,12-13,15H2,1-3H3,(H,28,29,31,32). The topological polar surface area (TPSA) is 85.2 Å². The Hall–Kier alpha value is -3.49. The highest BCUT2D eigenvalue weighted by Crippen LogP contribution is 2.31. The van der Waals surface area contributed by atoms with E-state index in [1.54, 1.807) is 11.6 Å². The van der Waals surface area contributed by atoms with Crippen LogP contribution in [0.5, 0.6) is 0 Å². The highest BCUT2D eigenvalue weighted by Gasteiger charge is 2.36. The zero-order chi connectivity index (χ0) is 23.4. The fourth-order valence-electron chi connectivity index (χ4n) is 3.70. The fraction of sp³-hybridized carbons (Fsp3) is 0.375. The minimum Gasteiger partial charge on any atom is -0.245 e. The molecule has 0 unspecified atom stereocenters. The van der Waals surface area contributed by atoms with Gasteiger partial charge in [0.15, 0.2) is 0 Å². The van der Waals surface area contributed by atoms with Crippen molar-refractivity contribution in [3.63, 3.8) is 0 Å². The van der Waals surface area contributed by atoms with Gasteiger partial charge in [0.2, 0.25) is 11.6 Å². The van der Waals surface area contributed by atoms with Crippen molar-refractivity contribution in [2.75, 3.05) is 0 Å². The molecule has 4 rings (SSSR count). The van der Waals surface area contributed by atoms with Crippen molar-refractivity contribution in [3.8, 4) is 22.5 Å². The largest absolute Gasteiger partial charge is 0.308 e. The van der Waals surface area contributed by atoms with Gasteiger partial charge < -0.3 is 0 Å². The van der Waals surface area contributed by atoms with Gasteiger partial charge in [-0.25, -0.2) is 9.67 Å². The molecule has 7 nitrogen and oxygen atoms in total. The Kier molecular flexibility index (Phi) is 6.57. The van der Waals surface area contributed by atoms with Gasteiger partial charge in [0.1, 0.15) is 5.82 Å². The summed E-state index contributed by atoms with van der Waals surface area (Å²) in [4.78, 5) is 4.22. The number of aromatic amines is 1. The van der Waals surface area contributed by atoms with Crippen LogP contribution in [-0.2, 0) is 18.9 Å². The lowest BCUT2D eigenvalue weighted by atomic mass is 10.0. The first-order chi connectivity index (χ1) is 15.9. The molecule has 4 aromatic rings. The molecule has 33 heavy (non-hydrogen) atoms. The van der Waals surface area contributed by atoms with Gasteiger partial charge in [0.25, 0.3) is 0 Å². The number of alkyl halides is 2. The third-order valence-corrected chi connectivity index (χ3v) is 5.32. The van der Waals surface area contributed by atoms with Crippen LogP contribution in [-0.4, -0.2) is 35.4 Å². The molecule has 0 fully saturated rings. The minimum atomic E-state index is -3.01. The summed E-state index contributed by atoms with van der Waals surface area (Å²) < 4.78 is 30.5. The highest BCUT2D eigenvalue weighted by molar-refractivity contribution is 5.70. The van der Waals surface area contributed by atoms with Gasteiger partial charge in [-0.15, -0.1) is 15.3 Å². The molecule has 172 valence electrons. The molecule has 0 aliphatic heterocycles. The first-order valence-electron chi connectivity index (χ1n) is 11.1. The summed E-state index contributed by atoms with van der Waals surface area (Å²) >= 11 is 0. The van der Waals surface area contributed by atoms with Crippen molar-refractivity contribution >= 4 is 0 Å². The molecule has 0 amide bonds. The maximum absolute atomic E-state index is 14.4. The average molecular weight is 452 g/mol. The van der Waals surface area contributed by atoms with E-state index in [0.29, 0.717) is 31.0 Å². The highest BCUT2D eigenvalue weighted by atomic mass is 19.3. The van der Waals surface area contributed by atoms with E-state index in [1.807, 2.05) is 62.4 Å². The van der Waals surface area contributed by atoms with E-state index in [9.17, 15) is 8.78 Å². The molecule has 0 aliphatic carbocycles. The third-order valence-electron chi connectivity index (χ3n) is 5.32. The van der Waals surface area contributed by atoms with Gasteiger partial charge >= 0.3 is 5.92 Å². The second-order valence-corrected chi connectivity index (χ2v) is 8.57. The predicted molar refractivity (Wildman–Crippen MR) is 122 cm³/mol. The first-order valence-corrected chi connectivity index (χ1v) is 11.1. The summed E-state index contributed by atoms with van der Waals surface area (Å²) in [5.74, 6) is -1.98. The van der Waals surface area contributed by atoms with E-state index in [1.165, 1.54) is 0 Å². The number of nitrogens with zero attached hydrogens (tertiary/aromatic N) is 6. The molecule has 2 aromatic carbocycles. The van der Waals surface area contributed by atoms with Crippen molar-refractivity contribution in [2.24, 2.45) is 5.92 Å². The van der Waals surface area contributed by atoms with Crippen LogP contribution in [0.2, 0.25) is 0 Å². The lowest BCUT2D eigenvalue weighted by Gasteiger charge is -2.10. The molecule has 0 saturated heterocycles. The Morgan fingerprint density at radius 3 is 2.45 bits per heavy atom. The van der Waals surface area contributed by atoms with Gasteiger partial charge in [0.05, 0.1) is 6.54 Å². The van der Waals surface area contributed by atoms with Crippen LogP contribution >= 0.6 is 0 Å². The second kappa shape index (κ2) is 9.56. The maximum atomic E-state index is 14.4. The van der Waals surface area contributed by atoms with Gasteiger partial charge in [-0.3, -0.25) is 0 Å². The lowest BCUT2D eigenvalue weighted by Crippen LogP contribution is -2.15. The molecule has 0 radical (unpaired) electrons. The lowest BCUT2D eigenvalue weighted by molar-refractivity contribution is -0.0232. The zero-order valence-electron chi connectivity index (χ0n) is 19.0. The van der Waals surface area contributed by atoms with Gasteiger partial charge in [-0.2, -0.15) is 14.0 Å². The number of benzene rings is 2. The Morgan fingerprint density at radius 2 is 1.79 bits per heavy atom. The molecule has 2 aromatic heterocycles. The maximum Gasteiger partial charge on any atom is 0.308 e. The molecule has 0 atom stereocenters. The molecule has 0 spiro atoms. The van der Waals surface area contributed by atoms with E-state index >= 15 is 0 Å². The molecule has 0 bridgehead atoms. The average Bonchev–Trinajstić information content (AvgIpc) is 3.45. The van der Waals surface area contributed by atoms with Crippen molar-refractivity contribution in [2.45, 2.75) is 52.5 Å². The van der Waals surface area contributed by atoms with Crippen molar-refractivity contribution in [1.82, 2.24) is 35.4 Å². The normalized spacial score (nSPS) is 11.9. The summed E-state index contributed by atoms with van der Waals surface area (Å²) in [6.07, 6.45) is 0.711. The summed E-state index contributed by atoms with van der Waals surface area (Å²) in [6, 6.07) is 15.9. The molecule has 9 heteroatoms. The molecule has 0 saturated carbocycles. The number of H-pyrrole nitrogens is 1. The predicted octanol–water partition coefficient (Wildman–Crippen LogP) is 5.26. The fourth-order valence-corrected chi connectivity index (χ4v) is 3.70. The number of tetrazole rings is 1. The van der Waals surface area contributed by atoms with Crippen LogP contribution in [0.4, 0.5) is 8.78 Å². The van der Waals surface area contributed by atoms with E-state index in [4.69, 9.17) is 0 Å². The number of hydrogen-bond acceptors (Lipinski definition) is 5. The monoisotopic (exact) mass is 451 g/mol. The van der Waals surface area contributed by atoms with Gasteiger partial charge in [-0.05, 0) is 40.3 Å². The number of hydrogen-bond donors (Lipinski definition) is 1. The summed E-state index contributed by atoms with van der Waals surface area (Å²) in [7, 11) is 0. The SMILES string of the molecule is CCCC(F)(F)c1nc(CC(C)C)n(Cc2ccc(-c3cccc(-c4nn[nH]n4)c3)cc2)n1. The number of rotatable bonds is 9. The van der Waals surface area contributed by atoms with Crippen LogP contribution < -0.4 is 0 Å². The quantitative estimate of drug-likeness (QED) is 0.375. The number of aromatic nitrogens is 7. The number of nitrogens with one attached hydrogen (secondary N) is 1. The molecule has 2 heterocycles. The van der Waals surface area contributed by atoms with Crippen LogP contribution in [0.1, 0.15) is 50.8 Å². The van der Waals surface area contributed by atoms with Crippen LogP contribution in [0.3, 0.4) is 0 Å². The Morgan fingerprint density at radius 1 is 1.03 bits per heavy atom. The smallest absolute Gasteiger partial charge is 0.245 e. The summed E-state index contributed by atoms with van der Waals surface area (Å²) in [6.45, 7) is 6.21. The van der Waals surface area contributed by atoms with Crippen molar-refractivity contribution < 1.29 is 8.78 Å². The van der Waals surface area contributed by atoms with Crippen LogP contribution in [0.15, 0.2) is 48.5 Å². The van der Waals surface area contributed by atoms with Crippen LogP contribution in [0.25, 0.3) is 22.5 Å². The van der Waals surface area contributed by atoms with Crippen molar-refractivity contribution in [3.05, 3.63) is 65.7 Å². The molecule has 1 N–H and O–H groups in total. The Bertz CT molecular complexity index is 1180. The minimum absolute atomic E-state index is 0.254. The zero-order valence-corrected chi connectivity index (χ0v) is 19.0. The number of halogens is 2. The van der Waals surface area contributed by atoms with E-state index in [0.717, 1.165) is 22.3 Å². The summed E-state index contributed by atoms with van der Waals surface area (Å²) in [5.41, 5.74) is 3.88. The second-order valence-electron chi connectivity index (χ2n) is 8.57. The van der Waals surface area contributed by atoms with E-state index in [-0.39, 0.29) is 18.2 Å². The summed E-state index contributed by atoms with van der Waals surface area (Å²) in [5, 5.41) is 18.3. The molecular weight excluding hydrogens is 424 g/mol. The van der Waals surface area contributed by atoms with E-state index in [2.05, 4.69) is 30.7 Å².